The van der Waals surface area contributed by atoms with Gasteiger partial charge in [0, 0.05) is 4.90 Å². The second kappa shape index (κ2) is 4.96. The molecule has 6 heteroatoms. The third-order valence-electron chi connectivity index (χ3n) is 1.75. The molecule has 1 heterocycles. The fraction of sp³-hybridized carbons (Fsp3) is 0.111. The molecular weight excluding hydrogens is 294 g/mol. The van der Waals surface area contributed by atoms with Gasteiger partial charge in [0.15, 0.2) is 3.92 Å². The monoisotopic (exact) mass is 301 g/mol. The molecule has 0 spiro atoms. The molecule has 1 aromatic carbocycles. The largest absolute Gasteiger partial charge is 0.329 e. The molecule has 1 N–H and O–H groups in total. The zero-order valence-electron chi connectivity index (χ0n) is 7.90. The minimum atomic E-state index is 0.784. The van der Waals surface area contributed by atoms with E-state index in [1.807, 2.05) is 18.2 Å². The second-order valence-electron chi connectivity index (χ2n) is 2.69. The number of hydrogen-bond donors (Lipinski definition) is 1. The van der Waals surface area contributed by atoms with Gasteiger partial charge in [-0.15, -0.1) is 22.0 Å². The van der Waals surface area contributed by atoms with E-state index in [4.69, 9.17) is 0 Å². The van der Waals surface area contributed by atoms with E-state index in [9.17, 15) is 0 Å². The van der Waals surface area contributed by atoms with Gasteiger partial charge in [0.05, 0.1) is 5.69 Å². The van der Waals surface area contributed by atoms with Crippen LogP contribution in [0.15, 0.2) is 33.1 Å². The molecular formula is C9H8BrN3S2. The number of nitrogens with one attached hydrogen (secondary N) is 1. The molecule has 0 amide bonds. The van der Waals surface area contributed by atoms with Gasteiger partial charge >= 0.3 is 0 Å². The van der Waals surface area contributed by atoms with Crippen LogP contribution in [0.3, 0.4) is 0 Å². The molecule has 2 rings (SSSR count). The average molecular weight is 302 g/mol. The first kappa shape index (κ1) is 10.9. The van der Waals surface area contributed by atoms with Crippen LogP contribution >= 0.6 is 39.0 Å². The normalized spacial score (nSPS) is 10.3. The van der Waals surface area contributed by atoms with Crippen LogP contribution in [0.2, 0.25) is 0 Å². The van der Waals surface area contributed by atoms with Crippen molar-refractivity contribution in [1.82, 2.24) is 10.2 Å². The molecule has 0 aliphatic rings. The van der Waals surface area contributed by atoms with Gasteiger partial charge in [-0.25, -0.2) is 0 Å². The minimum Gasteiger partial charge on any atom is -0.329 e. The molecule has 0 aliphatic carbocycles. The molecule has 0 saturated heterocycles. The van der Waals surface area contributed by atoms with Gasteiger partial charge in [-0.1, -0.05) is 23.5 Å². The molecule has 78 valence electrons. The van der Waals surface area contributed by atoms with Gasteiger partial charge in [0.25, 0.3) is 0 Å². The quantitative estimate of drug-likeness (QED) is 0.876. The van der Waals surface area contributed by atoms with Crippen LogP contribution in [-0.2, 0) is 0 Å². The van der Waals surface area contributed by atoms with Crippen molar-refractivity contribution >= 4 is 49.8 Å². The van der Waals surface area contributed by atoms with Crippen molar-refractivity contribution in [1.29, 1.82) is 0 Å². The smallest absolute Gasteiger partial charge is 0.210 e. The van der Waals surface area contributed by atoms with E-state index < -0.39 is 0 Å². The van der Waals surface area contributed by atoms with Crippen LogP contribution in [-0.4, -0.2) is 16.5 Å². The van der Waals surface area contributed by atoms with E-state index in [-0.39, 0.29) is 0 Å². The van der Waals surface area contributed by atoms with Crippen molar-refractivity contribution in [2.45, 2.75) is 4.90 Å². The Kier molecular flexibility index (Phi) is 3.61. The Labute approximate surface area is 104 Å². The molecule has 15 heavy (non-hydrogen) atoms. The van der Waals surface area contributed by atoms with Gasteiger partial charge in [0.1, 0.15) is 0 Å². The predicted octanol–water partition coefficient (Wildman–Crippen LogP) is 3.77. The van der Waals surface area contributed by atoms with E-state index in [1.54, 1.807) is 11.8 Å². The van der Waals surface area contributed by atoms with Crippen LogP contribution in [0.5, 0.6) is 0 Å². The minimum absolute atomic E-state index is 0.784. The first-order valence-electron chi connectivity index (χ1n) is 4.18. The van der Waals surface area contributed by atoms with E-state index >= 15 is 0 Å². The lowest BCUT2D eigenvalue weighted by Gasteiger charge is -2.06. The van der Waals surface area contributed by atoms with Crippen LogP contribution in [0.25, 0.3) is 0 Å². The van der Waals surface area contributed by atoms with E-state index in [0.717, 1.165) is 14.7 Å². The summed E-state index contributed by atoms with van der Waals surface area (Å²) in [5.74, 6) is 0. The summed E-state index contributed by atoms with van der Waals surface area (Å²) in [5.41, 5.74) is 1.06. The van der Waals surface area contributed by atoms with E-state index in [0.29, 0.717) is 0 Å². The van der Waals surface area contributed by atoms with Gasteiger partial charge < -0.3 is 5.32 Å². The number of benzene rings is 1. The van der Waals surface area contributed by atoms with Gasteiger partial charge in [-0.2, -0.15) is 0 Å². The molecule has 0 atom stereocenters. The first-order chi connectivity index (χ1) is 7.29. The maximum Gasteiger partial charge on any atom is 0.210 e. The SMILES string of the molecule is CSc1ccccc1Nc1nnc(Br)s1. The second-order valence-corrected chi connectivity index (χ2v) is 5.79. The highest BCUT2D eigenvalue weighted by atomic mass is 79.9. The number of rotatable bonds is 3. The van der Waals surface area contributed by atoms with Crippen molar-refractivity contribution in [2.75, 3.05) is 11.6 Å². The first-order valence-corrected chi connectivity index (χ1v) is 7.02. The molecule has 0 bridgehead atoms. The number of halogens is 1. The van der Waals surface area contributed by atoms with Crippen LogP contribution in [0.4, 0.5) is 10.8 Å². The van der Waals surface area contributed by atoms with Crippen molar-refractivity contribution in [2.24, 2.45) is 0 Å². The maximum absolute atomic E-state index is 3.99. The van der Waals surface area contributed by atoms with Crippen molar-refractivity contribution in [3.05, 3.63) is 28.2 Å². The molecule has 0 unspecified atom stereocenters. The number of hydrogen-bond acceptors (Lipinski definition) is 5. The Balaban J connectivity index is 2.23. The maximum atomic E-state index is 3.99. The number of para-hydroxylation sites is 1. The Morgan fingerprint density at radius 2 is 2.13 bits per heavy atom. The molecule has 1 aromatic heterocycles. The van der Waals surface area contributed by atoms with Gasteiger partial charge in [0.2, 0.25) is 5.13 Å². The third kappa shape index (κ3) is 2.70. The Bertz CT molecular complexity index is 458. The fourth-order valence-corrected chi connectivity index (χ4v) is 2.70. The molecule has 0 radical (unpaired) electrons. The molecule has 0 saturated carbocycles. The summed E-state index contributed by atoms with van der Waals surface area (Å²) in [4.78, 5) is 1.20. The third-order valence-corrected chi connectivity index (χ3v) is 3.82. The lowest BCUT2D eigenvalue weighted by atomic mass is 10.3. The summed E-state index contributed by atoms with van der Waals surface area (Å²) >= 11 is 6.46. The summed E-state index contributed by atoms with van der Waals surface area (Å²) in [5, 5.41) is 11.9. The van der Waals surface area contributed by atoms with Crippen LogP contribution in [0, 0.1) is 0 Å². The number of anilines is 2. The average Bonchev–Trinajstić information content (AvgIpc) is 2.65. The van der Waals surface area contributed by atoms with Crippen LogP contribution in [0.1, 0.15) is 0 Å². The summed E-state index contributed by atoms with van der Waals surface area (Å²) in [6.07, 6.45) is 2.05. The highest BCUT2D eigenvalue weighted by Gasteiger charge is 2.04. The standard InChI is InChI=1S/C9H8BrN3S2/c1-14-7-5-3-2-4-6(7)11-9-13-12-8(10)15-9/h2-5H,1H3,(H,11,13). The molecule has 2 aromatic rings. The lowest BCUT2D eigenvalue weighted by molar-refractivity contribution is 1.07. The zero-order chi connectivity index (χ0) is 10.7. The highest BCUT2D eigenvalue weighted by Crippen LogP contribution is 2.29. The van der Waals surface area contributed by atoms with Gasteiger partial charge in [-0.05, 0) is 34.3 Å². The Hall–Kier alpha value is -0.590. The van der Waals surface area contributed by atoms with E-state index in [1.165, 1.54) is 16.2 Å². The highest BCUT2D eigenvalue weighted by molar-refractivity contribution is 9.11. The van der Waals surface area contributed by atoms with Crippen LogP contribution < -0.4 is 5.32 Å². The van der Waals surface area contributed by atoms with Crippen molar-refractivity contribution in [3.63, 3.8) is 0 Å². The summed E-state index contributed by atoms with van der Waals surface area (Å²) in [7, 11) is 0. The summed E-state index contributed by atoms with van der Waals surface area (Å²) in [6, 6.07) is 8.12. The van der Waals surface area contributed by atoms with Gasteiger partial charge in [-0.3, -0.25) is 0 Å². The number of nitrogens with zero attached hydrogens (tertiary/aromatic N) is 2. The topological polar surface area (TPSA) is 37.8 Å². The molecule has 0 aliphatic heterocycles. The number of thioether (sulfide) groups is 1. The Morgan fingerprint density at radius 1 is 1.33 bits per heavy atom. The predicted molar refractivity (Wildman–Crippen MR) is 69.1 cm³/mol. The van der Waals surface area contributed by atoms with E-state index in [2.05, 4.69) is 43.8 Å². The molecule has 3 nitrogen and oxygen atoms in total. The fourth-order valence-electron chi connectivity index (χ4n) is 1.12. The van der Waals surface area contributed by atoms with Crippen molar-refractivity contribution in [3.8, 4) is 0 Å². The molecule has 0 fully saturated rings. The summed E-state index contributed by atoms with van der Waals surface area (Å²) < 4.78 is 0.784. The summed E-state index contributed by atoms with van der Waals surface area (Å²) in [6.45, 7) is 0. The Morgan fingerprint density at radius 3 is 2.80 bits per heavy atom. The number of aromatic nitrogens is 2. The van der Waals surface area contributed by atoms with Crippen molar-refractivity contribution < 1.29 is 0 Å². The zero-order valence-corrected chi connectivity index (χ0v) is 11.1. The lowest BCUT2D eigenvalue weighted by Crippen LogP contribution is -1.91.